The van der Waals surface area contributed by atoms with Gasteiger partial charge in [-0.25, -0.2) is 0 Å². The van der Waals surface area contributed by atoms with Crippen LogP contribution in [0.3, 0.4) is 0 Å². The Labute approximate surface area is 256 Å². The van der Waals surface area contributed by atoms with Crippen LogP contribution in [0.15, 0.2) is 115 Å². The van der Waals surface area contributed by atoms with Crippen LogP contribution in [0.5, 0.6) is 0 Å². The third kappa shape index (κ3) is 6.13. The van der Waals surface area contributed by atoms with Crippen molar-refractivity contribution in [3.63, 3.8) is 0 Å². The fourth-order valence-electron chi connectivity index (χ4n) is 4.91. The van der Waals surface area contributed by atoms with Crippen LogP contribution in [0.1, 0.15) is 59.5 Å². The molecule has 0 bridgehead atoms. The molecule has 0 atom stereocenters. The zero-order valence-electron chi connectivity index (χ0n) is 29.8. The van der Waals surface area contributed by atoms with Crippen LogP contribution in [0.4, 0.5) is 17.1 Å². The Bertz CT molecular complexity index is 1980. The van der Waals surface area contributed by atoms with Crippen LogP contribution in [0, 0.1) is 10.1 Å². The summed E-state index contributed by atoms with van der Waals surface area (Å²) in [4.78, 5) is 11.7. The first-order valence-corrected chi connectivity index (χ1v) is 14.0. The lowest BCUT2D eigenvalue weighted by molar-refractivity contribution is -0.383. The van der Waals surface area contributed by atoms with Crippen molar-refractivity contribution >= 4 is 17.1 Å². The molecule has 0 saturated carbocycles. The average Bonchev–Trinajstić information content (AvgIpc) is 3.03. The van der Waals surface area contributed by atoms with E-state index in [-0.39, 0.29) is 34.4 Å². The molecule has 0 aliphatic heterocycles. The van der Waals surface area contributed by atoms with E-state index in [9.17, 15) is 10.1 Å². The standard InChI is InChI=1S/C38H38N2O2/c1-37(2,3)30-22-28(26-15-9-7-10-16-26)21-29(23-30)33-25-31(38(4,5)6)24-32(27-17-11-8-12-18-27)36(33)39-34-19-13-14-20-35(34)40(41)42/h7-25,39H,1-6H3/i8D,11D,12D,17D,18D. The summed E-state index contributed by atoms with van der Waals surface area (Å²) in [6.45, 7) is 12.6. The molecule has 0 aliphatic rings. The number of hydrogen-bond acceptors (Lipinski definition) is 3. The molecular weight excluding hydrogens is 516 g/mol. The Morgan fingerprint density at radius 1 is 0.643 bits per heavy atom. The number of nitrogens with zero attached hydrogens (tertiary/aromatic N) is 1. The molecular formula is C38H38N2O2. The van der Waals surface area contributed by atoms with E-state index in [0.717, 1.165) is 27.8 Å². The largest absolute Gasteiger partial charge is 0.349 e. The maximum Gasteiger partial charge on any atom is 0.292 e. The molecule has 42 heavy (non-hydrogen) atoms. The van der Waals surface area contributed by atoms with E-state index in [1.165, 1.54) is 6.07 Å². The highest BCUT2D eigenvalue weighted by atomic mass is 16.6. The summed E-state index contributed by atoms with van der Waals surface area (Å²) in [5, 5.41) is 15.4. The van der Waals surface area contributed by atoms with Crippen molar-refractivity contribution in [3.8, 4) is 33.4 Å². The smallest absolute Gasteiger partial charge is 0.292 e. The predicted octanol–water partition coefficient (Wildman–Crippen LogP) is 10.9. The lowest BCUT2D eigenvalue weighted by Gasteiger charge is -2.27. The van der Waals surface area contributed by atoms with Gasteiger partial charge in [-0.3, -0.25) is 10.1 Å². The molecule has 4 heteroatoms. The second-order valence-corrected chi connectivity index (χ2v) is 12.5. The fourth-order valence-corrected chi connectivity index (χ4v) is 4.91. The number of benzene rings is 5. The Morgan fingerprint density at radius 2 is 1.19 bits per heavy atom. The van der Waals surface area contributed by atoms with Crippen molar-refractivity contribution < 1.29 is 11.8 Å². The van der Waals surface area contributed by atoms with E-state index in [2.05, 4.69) is 44.3 Å². The highest BCUT2D eigenvalue weighted by molar-refractivity contribution is 5.95. The number of anilines is 2. The molecule has 0 amide bonds. The average molecular weight is 560 g/mol. The van der Waals surface area contributed by atoms with E-state index in [1.54, 1.807) is 18.2 Å². The van der Waals surface area contributed by atoms with Gasteiger partial charge in [0.25, 0.3) is 5.69 Å². The van der Waals surface area contributed by atoms with Crippen LogP contribution < -0.4 is 5.32 Å². The second kappa shape index (κ2) is 11.3. The zero-order valence-corrected chi connectivity index (χ0v) is 24.8. The Morgan fingerprint density at radius 3 is 1.81 bits per heavy atom. The molecule has 212 valence electrons. The number of hydrogen-bond donors (Lipinski definition) is 1. The number of rotatable bonds is 6. The topological polar surface area (TPSA) is 55.2 Å². The Kier molecular flexibility index (Phi) is 6.16. The summed E-state index contributed by atoms with van der Waals surface area (Å²) in [5.74, 6) is 0. The highest BCUT2D eigenvalue weighted by Gasteiger charge is 2.24. The van der Waals surface area contributed by atoms with Crippen molar-refractivity contribution in [2.75, 3.05) is 5.32 Å². The summed E-state index contributed by atoms with van der Waals surface area (Å²) in [5.41, 5.74) is 5.62. The monoisotopic (exact) mass is 559 g/mol. The first-order chi connectivity index (χ1) is 22.0. The third-order valence-electron chi connectivity index (χ3n) is 7.35. The minimum absolute atomic E-state index is 0.0136. The van der Waals surface area contributed by atoms with Gasteiger partial charge in [0.05, 0.1) is 17.5 Å². The van der Waals surface area contributed by atoms with Gasteiger partial charge in [0, 0.05) is 17.2 Å². The van der Waals surface area contributed by atoms with Gasteiger partial charge in [-0.05, 0) is 68.5 Å². The molecule has 4 nitrogen and oxygen atoms in total. The highest BCUT2D eigenvalue weighted by Crippen LogP contribution is 2.45. The molecule has 0 heterocycles. The molecule has 5 aromatic rings. The third-order valence-corrected chi connectivity index (χ3v) is 7.35. The molecule has 1 N–H and O–H groups in total. The normalized spacial score (nSPS) is 13.4. The number of nitrogens with one attached hydrogen (secondary N) is 1. The van der Waals surface area contributed by atoms with Crippen LogP contribution in [-0.2, 0) is 10.8 Å². The molecule has 0 unspecified atom stereocenters. The van der Waals surface area contributed by atoms with Gasteiger partial charge in [0.15, 0.2) is 0 Å². The van der Waals surface area contributed by atoms with Crippen molar-refractivity contribution in [1.82, 2.24) is 0 Å². The lowest BCUT2D eigenvalue weighted by atomic mass is 9.80. The van der Waals surface area contributed by atoms with Crippen LogP contribution in [0.2, 0.25) is 0 Å². The molecule has 0 saturated heterocycles. The summed E-state index contributed by atoms with van der Waals surface area (Å²) < 4.78 is 43.0. The quantitative estimate of drug-likeness (QED) is 0.166. The lowest BCUT2D eigenvalue weighted by Crippen LogP contribution is -2.13. The van der Waals surface area contributed by atoms with Gasteiger partial charge in [-0.2, -0.15) is 0 Å². The van der Waals surface area contributed by atoms with Crippen molar-refractivity contribution in [1.29, 1.82) is 0 Å². The van der Waals surface area contributed by atoms with E-state index < -0.39 is 28.5 Å². The molecule has 0 radical (unpaired) electrons. The summed E-state index contributed by atoms with van der Waals surface area (Å²) in [6, 6.07) is 24.4. The Balaban J connectivity index is 1.98. The van der Waals surface area contributed by atoms with E-state index >= 15 is 0 Å². The van der Waals surface area contributed by atoms with Crippen LogP contribution >= 0.6 is 0 Å². The number of nitro benzene ring substituents is 1. The molecule has 5 rings (SSSR count). The SMILES string of the molecule is [2H]c1c([2H])c([2H])c(-c2cc(C(C)(C)C)cc(-c3cc(-c4ccccc4)cc(C(C)(C)C)c3)c2Nc2ccccc2[N+](=O)[O-])c([2H])c1[2H]. The predicted molar refractivity (Wildman–Crippen MR) is 177 cm³/mol. The summed E-state index contributed by atoms with van der Waals surface area (Å²) in [7, 11) is 0. The van der Waals surface area contributed by atoms with Gasteiger partial charge in [-0.15, -0.1) is 0 Å². The molecule has 5 aromatic carbocycles. The maximum absolute atomic E-state index is 12.1. The van der Waals surface area contributed by atoms with Gasteiger partial charge in [0.2, 0.25) is 0 Å². The fraction of sp³-hybridized carbons (Fsp3) is 0.211. The summed E-state index contributed by atoms with van der Waals surface area (Å²) >= 11 is 0. The van der Waals surface area contributed by atoms with Gasteiger partial charge < -0.3 is 5.32 Å². The van der Waals surface area contributed by atoms with Crippen molar-refractivity contribution in [2.24, 2.45) is 0 Å². The van der Waals surface area contributed by atoms with Gasteiger partial charge >= 0.3 is 0 Å². The van der Waals surface area contributed by atoms with Crippen LogP contribution in [0.25, 0.3) is 33.4 Å². The minimum Gasteiger partial charge on any atom is -0.349 e. The molecule has 0 fully saturated rings. The number of nitro groups is 1. The minimum atomic E-state index is -0.491. The first-order valence-electron chi connectivity index (χ1n) is 16.5. The van der Waals surface area contributed by atoms with E-state index in [1.807, 2.05) is 63.2 Å². The van der Waals surface area contributed by atoms with Crippen molar-refractivity contribution in [3.05, 3.63) is 136 Å². The molecule has 0 aliphatic carbocycles. The van der Waals surface area contributed by atoms with E-state index in [0.29, 0.717) is 16.8 Å². The number of para-hydroxylation sites is 2. The summed E-state index contributed by atoms with van der Waals surface area (Å²) in [6.07, 6.45) is 0. The van der Waals surface area contributed by atoms with Gasteiger partial charge in [-0.1, -0.05) is 126 Å². The second-order valence-electron chi connectivity index (χ2n) is 12.5. The molecule has 0 aromatic heterocycles. The zero-order chi connectivity index (χ0) is 34.4. The molecule has 0 spiro atoms. The van der Waals surface area contributed by atoms with Crippen molar-refractivity contribution in [2.45, 2.75) is 52.4 Å². The Hall–Kier alpha value is -4.70. The first kappa shape index (κ1) is 22.9. The van der Waals surface area contributed by atoms with Gasteiger partial charge in [0.1, 0.15) is 5.69 Å². The van der Waals surface area contributed by atoms with E-state index in [4.69, 9.17) is 6.85 Å². The maximum atomic E-state index is 12.1. The van der Waals surface area contributed by atoms with Crippen LogP contribution in [-0.4, -0.2) is 4.92 Å².